The van der Waals surface area contributed by atoms with E-state index in [1.165, 1.54) is 17.4 Å². The number of aromatic nitrogens is 2. The van der Waals surface area contributed by atoms with Gasteiger partial charge in [0.1, 0.15) is 5.01 Å². The molecule has 1 heterocycles. The topological polar surface area (TPSA) is 68.9 Å². The third-order valence-corrected chi connectivity index (χ3v) is 3.63. The fourth-order valence-corrected chi connectivity index (χ4v) is 2.87. The zero-order valence-corrected chi connectivity index (χ0v) is 11.2. The van der Waals surface area contributed by atoms with Gasteiger partial charge in [-0.15, -0.1) is 21.8 Å². The van der Waals surface area contributed by atoms with E-state index in [4.69, 9.17) is 11.6 Å². The number of rotatable bonds is 4. The van der Waals surface area contributed by atoms with Crippen LogP contribution in [0.4, 0.5) is 5.69 Å². The average molecular weight is 284 g/mol. The molecule has 0 N–H and O–H groups in total. The Morgan fingerprint density at radius 3 is 2.89 bits per heavy atom. The van der Waals surface area contributed by atoms with Gasteiger partial charge in [-0.25, -0.2) is 0 Å². The third kappa shape index (κ3) is 2.49. The van der Waals surface area contributed by atoms with E-state index >= 15 is 0 Å². The first-order valence-electron chi connectivity index (χ1n) is 5.26. The highest BCUT2D eigenvalue weighted by atomic mass is 35.5. The molecule has 0 fully saturated rings. The molecule has 0 amide bonds. The maximum atomic E-state index is 11.0. The third-order valence-electron chi connectivity index (χ3n) is 2.44. The molecule has 1 aromatic heterocycles. The molecule has 0 spiro atoms. The number of nitro benzene ring substituents is 1. The van der Waals surface area contributed by atoms with E-state index in [9.17, 15) is 10.1 Å². The number of nitrogens with zero attached hydrogens (tertiary/aromatic N) is 3. The minimum Gasteiger partial charge on any atom is -0.258 e. The summed E-state index contributed by atoms with van der Waals surface area (Å²) < 4.78 is 0. The highest BCUT2D eigenvalue weighted by Gasteiger charge is 2.20. The second-order valence-electron chi connectivity index (χ2n) is 3.67. The van der Waals surface area contributed by atoms with Crippen LogP contribution in [0.2, 0.25) is 0 Å². The van der Waals surface area contributed by atoms with Crippen molar-refractivity contribution in [3.05, 3.63) is 38.9 Å². The molecule has 0 saturated heterocycles. The van der Waals surface area contributed by atoms with Gasteiger partial charge in [-0.2, -0.15) is 0 Å². The molecule has 0 unspecified atom stereocenters. The summed E-state index contributed by atoms with van der Waals surface area (Å²) in [7, 11) is 0. The first-order chi connectivity index (χ1) is 8.63. The van der Waals surface area contributed by atoms with Crippen molar-refractivity contribution in [2.75, 3.05) is 5.88 Å². The lowest BCUT2D eigenvalue weighted by atomic mass is 10.1. The normalized spacial score (nSPS) is 10.6. The van der Waals surface area contributed by atoms with Gasteiger partial charge in [-0.1, -0.05) is 23.5 Å². The predicted molar refractivity (Wildman–Crippen MR) is 71.2 cm³/mol. The Morgan fingerprint density at radius 1 is 1.44 bits per heavy atom. The quantitative estimate of drug-likeness (QED) is 0.491. The molecule has 0 saturated carbocycles. The SMILES string of the molecule is Cc1cccc([N+](=O)[O-])c1-c1nnc(CCCl)s1. The van der Waals surface area contributed by atoms with Crippen LogP contribution in [0, 0.1) is 17.0 Å². The Kier molecular flexibility index (Phi) is 3.88. The fraction of sp³-hybridized carbons (Fsp3) is 0.273. The first-order valence-corrected chi connectivity index (χ1v) is 6.61. The lowest BCUT2D eigenvalue weighted by molar-refractivity contribution is -0.384. The molecule has 94 valence electrons. The lowest BCUT2D eigenvalue weighted by Gasteiger charge is -2.02. The average Bonchev–Trinajstić information content (AvgIpc) is 2.77. The van der Waals surface area contributed by atoms with Crippen molar-refractivity contribution in [2.24, 2.45) is 0 Å². The monoisotopic (exact) mass is 283 g/mol. The molecular formula is C11H10ClN3O2S. The number of hydrogen-bond acceptors (Lipinski definition) is 5. The standard InChI is InChI=1S/C11H10ClN3O2S/c1-7-3-2-4-8(15(16)17)10(7)11-14-13-9(18-11)5-6-12/h2-4H,5-6H2,1H3. The maximum Gasteiger partial charge on any atom is 0.279 e. The van der Waals surface area contributed by atoms with Crippen LogP contribution in [0.1, 0.15) is 10.6 Å². The molecule has 0 bridgehead atoms. The Labute approximate surface area is 113 Å². The summed E-state index contributed by atoms with van der Waals surface area (Å²) in [5, 5.41) is 20.4. The van der Waals surface area contributed by atoms with E-state index < -0.39 is 4.92 Å². The number of halogens is 1. The van der Waals surface area contributed by atoms with Gasteiger partial charge in [0, 0.05) is 18.4 Å². The van der Waals surface area contributed by atoms with Crippen molar-refractivity contribution < 1.29 is 4.92 Å². The van der Waals surface area contributed by atoms with E-state index in [1.807, 2.05) is 13.0 Å². The molecule has 5 nitrogen and oxygen atoms in total. The van der Waals surface area contributed by atoms with Crippen LogP contribution in [-0.2, 0) is 6.42 Å². The van der Waals surface area contributed by atoms with Crippen LogP contribution in [0.25, 0.3) is 10.6 Å². The Balaban J connectivity index is 2.51. The van der Waals surface area contributed by atoms with Crippen molar-refractivity contribution in [3.8, 4) is 10.6 Å². The van der Waals surface area contributed by atoms with Crippen LogP contribution >= 0.6 is 22.9 Å². The highest BCUT2D eigenvalue weighted by Crippen LogP contribution is 2.34. The summed E-state index contributed by atoms with van der Waals surface area (Å²) in [5.41, 5.74) is 1.42. The van der Waals surface area contributed by atoms with Gasteiger partial charge in [-0.05, 0) is 12.5 Å². The second kappa shape index (κ2) is 5.41. The van der Waals surface area contributed by atoms with Crippen molar-refractivity contribution in [2.45, 2.75) is 13.3 Å². The van der Waals surface area contributed by atoms with Crippen molar-refractivity contribution in [1.29, 1.82) is 0 Å². The minimum absolute atomic E-state index is 0.0589. The Bertz CT molecular complexity index is 585. The number of aryl methyl sites for hydroxylation is 2. The van der Waals surface area contributed by atoms with E-state index in [0.717, 1.165) is 10.6 Å². The van der Waals surface area contributed by atoms with Crippen LogP contribution < -0.4 is 0 Å². The van der Waals surface area contributed by atoms with Crippen LogP contribution in [0.15, 0.2) is 18.2 Å². The lowest BCUT2D eigenvalue weighted by Crippen LogP contribution is -1.93. The van der Waals surface area contributed by atoms with Crippen LogP contribution in [-0.4, -0.2) is 21.0 Å². The predicted octanol–water partition coefficient (Wildman–Crippen LogP) is 3.20. The van der Waals surface area contributed by atoms with E-state index in [1.54, 1.807) is 6.07 Å². The molecule has 1 aromatic carbocycles. The van der Waals surface area contributed by atoms with E-state index in [0.29, 0.717) is 22.9 Å². The largest absolute Gasteiger partial charge is 0.279 e. The molecule has 2 aromatic rings. The molecule has 0 aliphatic rings. The molecule has 2 rings (SSSR count). The number of nitro groups is 1. The van der Waals surface area contributed by atoms with Crippen molar-refractivity contribution >= 4 is 28.6 Å². The number of hydrogen-bond donors (Lipinski definition) is 0. The van der Waals surface area contributed by atoms with Crippen molar-refractivity contribution in [1.82, 2.24) is 10.2 Å². The molecular weight excluding hydrogens is 274 g/mol. The zero-order chi connectivity index (χ0) is 13.1. The molecule has 7 heteroatoms. The smallest absolute Gasteiger partial charge is 0.258 e. The highest BCUT2D eigenvalue weighted by molar-refractivity contribution is 7.14. The molecule has 0 radical (unpaired) electrons. The van der Waals surface area contributed by atoms with Gasteiger partial charge >= 0.3 is 0 Å². The van der Waals surface area contributed by atoms with Gasteiger partial charge in [-0.3, -0.25) is 10.1 Å². The van der Waals surface area contributed by atoms with Gasteiger partial charge in [0.2, 0.25) is 0 Å². The zero-order valence-electron chi connectivity index (χ0n) is 9.59. The van der Waals surface area contributed by atoms with Crippen molar-refractivity contribution in [3.63, 3.8) is 0 Å². The molecule has 0 aliphatic heterocycles. The van der Waals surface area contributed by atoms with Crippen LogP contribution in [0.5, 0.6) is 0 Å². The summed E-state index contributed by atoms with van der Waals surface area (Å²) >= 11 is 6.98. The van der Waals surface area contributed by atoms with Gasteiger partial charge in [0.05, 0.1) is 10.5 Å². The first kappa shape index (κ1) is 12.9. The fourth-order valence-electron chi connectivity index (χ4n) is 1.62. The maximum absolute atomic E-state index is 11.0. The molecule has 0 atom stereocenters. The summed E-state index contributed by atoms with van der Waals surface area (Å²) in [6, 6.07) is 4.97. The van der Waals surface area contributed by atoms with Gasteiger partial charge < -0.3 is 0 Å². The Morgan fingerprint density at radius 2 is 2.22 bits per heavy atom. The summed E-state index contributed by atoms with van der Waals surface area (Å²) in [4.78, 5) is 10.6. The van der Waals surface area contributed by atoms with E-state index in [-0.39, 0.29) is 5.69 Å². The second-order valence-corrected chi connectivity index (χ2v) is 5.11. The molecule has 18 heavy (non-hydrogen) atoms. The van der Waals surface area contributed by atoms with E-state index in [2.05, 4.69) is 10.2 Å². The van der Waals surface area contributed by atoms with Gasteiger partial charge in [0.15, 0.2) is 5.01 Å². The Hall–Kier alpha value is -1.53. The number of alkyl halides is 1. The summed E-state index contributed by atoms with van der Waals surface area (Å²) in [6.45, 7) is 1.82. The summed E-state index contributed by atoms with van der Waals surface area (Å²) in [6.07, 6.45) is 0.624. The molecule has 0 aliphatic carbocycles. The van der Waals surface area contributed by atoms with Crippen LogP contribution in [0.3, 0.4) is 0 Å². The summed E-state index contributed by atoms with van der Waals surface area (Å²) in [5.74, 6) is 0.463. The van der Waals surface area contributed by atoms with Gasteiger partial charge in [0.25, 0.3) is 5.69 Å². The number of benzene rings is 1. The minimum atomic E-state index is -0.398.